The van der Waals surface area contributed by atoms with Crippen LogP contribution in [0, 0.1) is 11.6 Å². The molecule has 0 heterocycles. The van der Waals surface area contributed by atoms with Crippen molar-refractivity contribution in [3.05, 3.63) is 109 Å². The molecule has 0 saturated carbocycles. The van der Waals surface area contributed by atoms with Crippen molar-refractivity contribution >= 4 is 11.4 Å². The van der Waals surface area contributed by atoms with Gasteiger partial charge in [0, 0.05) is 16.7 Å². The van der Waals surface area contributed by atoms with E-state index in [0.717, 1.165) is 16.7 Å². The molecule has 0 aliphatic carbocycles. The van der Waals surface area contributed by atoms with E-state index in [9.17, 15) is 4.39 Å². The van der Waals surface area contributed by atoms with E-state index >= 15 is 4.39 Å². The molecule has 3 heteroatoms. The molecule has 31 heavy (non-hydrogen) atoms. The number of benzene rings is 4. The molecule has 4 rings (SSSR count). The molecule has 0 N–H and O–H groups in total. The summed E-state index contributed by atoms with van der Waals surface area (Å²) in [5.74, 6) is -0.758. The number of hydrogen-bond acceptors (Lipinski definition) is 1. The average molecular weight is 414 g/mol. The maximum absolute atomic E-state index is 16.3. The van der Waals surface area contributed by atoms with Crippen LogP contribution in [0.15, 0.2) is 97.1 Å². The van der Waals surface area contributed by atoms with Gasteiger partial charge in [-0.1, -0.05) is 84.9 Å². The number of hydrogen-bond donors (Lipinski definition) is 0. The van der Waals surface area contributed by atoms with Gasteiger partial charge in [-0.3, -0.25) is 0 Å². The fraction of sp³-hybridized carbons (Fsp3) is 0.143. The molecular weight excluding hydrogens is 388 g/mol. The Labute approximate surface area is 182 Å². The number of anilines is 2. The van der Waals surface area contributed by atoms with Crippen LogP contribution in [-0.2, 0) is 0 Å². The molecule has 0 unspecified atom stereocenters. The first kappa shape index (κ1) is 20.8. The van der Waals surface area contributed by atoms with Crippen molar-refractivity contribution in [1.29, 1.82) is 0 Å². The number of nitrogens with zero attached hydrogens (tertiary/aromatic N) is 1. The Morgan fingerprint density at radius 2 is 1.06 bits per heavy atom. The zero-order chi connectivity index (χ0) is 22.0. The summed E-state index contributed by atoms with van der Waals surface area (Å²) in [6.45, 7) is 5.88. The van der Waals surface area contributed by atoms with E-state index in [1.54, 1.807) is 29.2 Å². The minimum absolute atomic E-state index is 0.344. The second kappa shape index (κ2) is 8.35. The zero-order valence-electron chi connectivity index (χ0n) is 17.9. The van der Waals surface area contributed by atoms with Crippen LogP contribution < -0.4 is 4.90 Å². The van der Waals surface area contributed by atoms with Gasteiger partial charge >= 0.3 is 0 Å². The molecule has 0 amide bonds. The van der Waals surface area contributed by atoms with Gasteiger partial charge in [0.15, 0.2) is 5.82 Å². The predicted octanol–water partition coefficient (Wildman–Crippen LogP) is 8.24. The second-order valence-electron chi connectivity index (χ2n) is 8.51. The molecule has 0 aliphatic rings. The SMILES string of the molecule is CC(C)(C)N(c1ccccc1F)c1c(-c2ccccc2)ccc(-c2ccccc2)c1F. The maximum Gasteiger partial charge on any atom is 0.155 e. The fourth-order valence-corrected chi connectivity index (χ4v) is 3.92. The first-order chi connectivity index (χ1) is 14.9. The summed E-state index contributed by atoms with van der Waals surface area (Å²) in [6, 6.07) is 29.4. The molecule has 4 aromatic carbocycles. The highest BCUT2D eigenvalue weighted by molar-refractivity contribution is 5.87. The maximum atomic E-state index is 16.3. The molecule has 0 bridgehead atoms. The molecule has 1 nitrogen and oxygen atoms in total. The first-order valence-corrected chi connectivity index (χ1v) is 10.4. The van der Waals surface area contributed by atoms with Gasteiger partial charge in [-0.05, 0) is 44.0 Å². The Hall–Kier alpha value is -3.46. The van der Waals surface area contributed by atoms with Crippen LogP contribution in [0.1, 0.15) is 20.8 Å². The molecule has 0 saturated heterocycles. The highest BCUT2D eigenvalue weighted by atomic mass is 19.1. The van der Waals surface area contributed by atoms with Crippen molar-refractivity contribution < 1.29 is 8.78 Å². The Bertz CT molecular complexity index is 1180. The summed E-state index contributed by atoms with van der Waals surface area (Å²) in [5.41, 5.74) is 2.99. The lowest BCUT2D eigenvalue weighted by Crippen LogP contribution is -2.39. The highest BCUT2D eigenvalue weighted by Gasteiger charge is 2.31. The van der Waals surface area contributed by atoms with Crippen LogP contribution in [0.5, 0.6) is 0 Å². The molecule has 0 atom stereocenters. The van der Waals surface area contributed by atoms with Gasteiger partial charge < -0.3 is 4.90 Å². The lowest BCUT2D eigenvalue weighted by Gasteiger charge is -2.39. The van der Waals surface area contributed by atoms with Gasteiger partial charge in [0.2, 0.25) is 0 Å². The van der Waals surface area contributed by atoms with Crippen molar-refractivity contribution in [2.24, 2.45) is 0 Å². The number of para-hydroxylation sites is 1. The first-order valence-electron chi connectivity index (χ1n) is 10.4. The molecule has 4 aromatic rings. The Morgan fingerprint density at radius 3 is 1.61 bits per heavy atom. The molecule has 0 spiro atoms. The molecule has 0 radical (unpaired) electrons. The minimum atomic E-state index is -0.581. The standard InChI is InChI=1S/C28H25F2N/c1-28(2,3)31(25-17-11-10-16-24(25)29)27-23(21-14-8-5-9-15-21)19-18-22(26(27)30)20-12-6-4-7-13-20/h4-19H,1-3H3. The average Bonchev–Trinajstić information content (AvgIpc) is 2.76. The van der Waals surface area contributed by atoms with Crippen molar-refractivity contribution in [3.8, 4) is 22.3 Å². The van der Waals surface area contributed by atoms with Crippen molar-refractivity contribution in [1.82, 2.24) is 0 Å². The fourth-order valence-electron chi connectivity index (χ4n) is 3.92. The Morgan fingerprint density at radius 1 is 0.581 bits per heavy atom. The van der Waals surface area contributed by atoms with Crippen LogP contribution >= 0.6 is 0 Å². The van der Waals surface area contributed by atoms with Crippen molar-refractivity contribution in [3.63, 3.8) is 0 Å². The van der Waals surface area contributed by atoms with Gasteiger partial charge in [-0.25, -0.2) is 8.78 Å². The molecule has 0 aliphatic heterocycles. The van der Waals surface area contributed by atoms with E-state index < -0.39 is 5.54 Å². The molecule has 0 aromatic heterocycles. The van der Waals surface area contributed by atoms with Crippen LogP contribution in [0.4, 0.5) is 20.2 Å². The van der Waals surface area contributed by atoms with Crippen LogP contribution in [-0.4, -0.2) is 5.54 Å². The topological polar surface area (TPSA) is 3.24 Å². The van der Waals surface area contributed by atoms with Gasteiger partial charge in [0.25, 0.3) is 0 Å². The highest BCUT2D eigenvalue weighted by Crippen LogP contribution is 2.45. The number of rotatable bonds is 4. The third-order valence-corrected chi connectivity index (χ3v) is 5.27. The summed E-state index contributed by atoms with van der Waals surface area (Å²) in [6.07, 6.45) is 0. The van der Waals surface area contributed by atoms with E-state index in [4.69, 9.17) is 0 Å². The van der Waals surface area contributed by atoms with Crippen LogP contribution in [0.25, 0.3) is 22.3 Å². The summed E-state index contributed by atoms with van der Waals surface area (Å²) in [5, 5.41) is 0. The summed E-state index contributed by atoms with van der Waals surface area (Å²) in [7, 11) is 0. The zero-order valence-corrected chi connectivity index (χ0v) is 17.9. The molecular formula is C28H25F2N. The summed E-state index contributed by atoms with van der Waals surface area (Å²) < 4.78 is 31.3. The van der Waals surface area contributed by atoms with Gasteiger partial charge in [0.1, 0.15) is 5.82 Å². The van der Waals surface area contributed by atoms with Crippen molar-refractivity contribution in [2.75, 3.05) is 4.90 Å². The second-order valence-corrected chi connectivity index (χ2v) is 8.51. The third-order valence-electron chi connectivity index (χ3n) is 5.27. The largest absolute Gasteiger partial charge is 0.331 e. The molecule has 156 valence electrons. The van der Waals surface area contributed by atoms with Crippen LogP contribution in [0.2, 0.25) is 0 Å². The summed E-state index contributed by atoms with van der Waals surface area (Å²) >= 11 is 0. The van der Waals surface area contributed by atoms with E-state index in [1.165, 1.54) is 6.07 Å². The molecule has 0 fully saturated rings. The quantitative estimate of drug-likeness (QED) is 0.326. The third kappa shape index (κ3) is 4.09. The van der Waals surface area contributed by atoms with E-state index in [-0.39, 0.29) is 11.6 Å². The van der Waals surface area contributed by atoms with Gasteiger partial charge in [-0.2, -0.15) is 0 Å². The predicted molar refractivity (Wildman–Crippen MR) is 126 cm³/mol. The van der Waals surface area contributed by atoms with Gasteiger partial charge in [0.05, 0.1) is 11.4 Å². The van der Waals surface area contributed by atoms with E-state index in [0.29, 0.717) is 16.9 Å². The van der Waals surface area contributed by atoms with E-state index in [1.807, 2.05) is 87.5 Å². The van der Waals surface area contributed by atoms with E-state index in [2.05, 4.69) is 0 Å². The van der Waals surface area contributed by atoms with Crippen LogP contribution in [0.3, 0.4) is 0 Å². The summed E-state index contributed by atoms with van der Waals surface area (Å²) in [4.78, 5) is 1.77. The lowest BCUT2D eigenvalue weighted by atomic mass is 9.93. The normalized spacial score (nSPS) is 11.4. The monoisotopic (exact) mass is 413 g/mol. The van der Waals surface area contributed by atoms with Gasteiger partial charge in [-0.15, -0.1) is 0 Å². The smallest absolute Gasteiger partial charge is 0.155 e. The van der Waals surface area contributed by atoms with Crippen molar-refractivity contribution in [2.45, 2.75) is 26.3 Å². The minimum Gasteiger partial charge on any atom is -0.331 e. The number of halogens is 2. The Balaban J connectivity index is 2.06. The lowest BCUT2D eigenvalue weighted by molar-refractivity contribution is 0.528. The Kier molecular flexibility index (Phi) is 5.60.